The number of hydrogen-bond acceptors (Lipinski definition) is 3. The van der Waals surface area contributed by atoms with E-state index in [4.69, 9.17) is 5.11 Å². The van der Waals surface area contributed by atoms with Crippen LogP contribution < -0.4 is 0 Å². The minimum absolute atomic E-state index is 0.0214. The number of carbonyl (C=O) groups excluding carboxylic acids is 1. The van der Waals surface area contributed by atoms with Gasteiger partial charge in [-0.05, 0) is 31.9 Å². The van der Waals surface area contributed by atoms with Crippen molar-refractivity contribution in [2.75, 3.05) is 6.54 Å². The first-order chi connectivity index (χ1) is 8.08. The lowest BCUT2D eigenvalue weighted by Crippen LogP contribution is -2.36. The number of carboxylic acid groups (broad SMARTS) is 1. The lowest BCUT2D eigenvalue weighted by atomic mass is 10.1. The third kappa shape index (κ3) is 2.66. The summed E-state index contributed by atoms with van der Waals surface area (Å²) in [6.45, 7) is 2.63. The minimum atomic E-state index is -0.836. The highest BCUT2D eigenvalue weighted by Gasteiger charge is 2.31. The molecule has 92 valence electrons. The predicted octanol–water partition coefficient (Wildman–Crippen LogP) is 2.14. The topological polar surface area (TPSA) is 57.6 Å². The zero-order chi connectivity index (χ0) is 12.4. The number of rotatable bonds is 3. The number of amides is 1. The van der Waals surface area contributed by atoms with Crippen LogP contribution >= 0.6 is 11.3 Å². The molecule has 0 radical (unpaired) electrons. The third-order valence-corrected chi connectivity index (χ3v) is 3.99. The van der Waals surface area contributed by atoms with Crippen molar-refractivity contribution in [3.05, 3.63) is 21.9 Å². The fourth-order valence-corrected chi connectivity index (χ4v) is 3.03. The molecule has 1 aliphatic rings. The molecular weight excluding hydrogens is 238 g/mol. The van der Waals surface area contributed by atoms with Gasteiger partial charge in [0, 0.05) is 17.5 Å². The Hall–Kier alpha value is -1.36. The summed E-state index contributed by atoms with van der Waals surface area (Å²) in [4.78, 5) is 26.4. The van der Waals surface area contributed by atoms with Crippen molar-refractivity contribution in [3.8, 4) is 0 Å². The van der Waals surface area contributed by atoms with E-state index in [-0.39, 0.29) is 18.4 Å². The maximum atomic E-state index is 12.2. The fourth-order valence-electron chi connectivity index (χ4n) is 2.21. The molecule has 1 aromatic rings. The van der Waals surface area contributed by atoms with Gasteiger partial charge in [0.25, 0.3) is 5.91 Å². The van der Waals surface area contributed by atoms with Gasteiger partial charge >= 0.3 is 5.97 Å². The molecule has 1 atom stereocenters. The highest BCUT2D eigenvalue weighted by molar-refractivity contribution is 7.13. The van der Waals surface area contributed by atoms with Crippen molar-refractivity contribution in [2.45, 2.75) is 32.2 Å². The number of likely N-dealkylation sites (tertiary alicyclic amines) is 1. The summed E-state index contributed by atoms with van der Waals surface area (Å²) in [6, 6.07) is 3.60. The van der Waals surface area contributed by atoms with Crippen LogP contribution in [0.2, 0.25) is 0 Å². The van der Waals surface area contributed by atoms with Crippen molar-refractivity contribution in [2.24, 2.45) is 0 Å². The molecule has 2 heterocycles. The van der Waals surface area contributed by atoms with E-state index in [1.54, 1.807) is 4.90 Å². The van der Waals surface area contributed by atoms with Crippen LogP contribution in [0.5, 0.6) is 0 Å². The Labute approximate surface area is 104 Å². The van der Waals surface area contributed by atoms with Crippen LogP contribution in [0.1, 0.15) is 33.8 Å². The monoisotopic (exact) mass is 253 g/mol. The van der Waals surface area contributed by atoms with Gasteiger partial charge in [-0.2, -0.15) is 0 Å². The minimum Gasteiger partial charge on any atom is -0.481 e. The number of carboxylic acids is 1. The number of carbonyl (C=O) groups is 2. The molecule has 2 rings (SSSR count). The predicted molar refractivity (Wildman–Crippen MR) is 65.4 cm³/mol. The number of aliphatic carboxylic acids is 1. The van der Waals surface area contributed by atoms with Crippen LogP contribution in [-0.2, 0) is 4.79 Å². The average Bonchev–Trinajstić information content (AvgIpc) is 2.85. The van der Waals surface area contributed by atoms with Crippen molar-refractivity contribution in [1.82, 2.24) is 4.90 Å². The van der Waals surface area contributed by atoms with Crippen LogP contribution in [0.25, 0.3) is 0 Å². The standard InChI is InChI=1S/C12H15NO3S/c1-8-4-5-10(17-8)12(16)13-6-2-3-9(13)7-11(14)15/h4-5,9H,2-3,6-7H2,1H3,(H,14,15). The summed E-state index contributed by atoms with van der Waals surface area (Å²) in [6.07, 6.45) is 1.74. The van der Waals surface area contributed by atoms with Crippen molar-refractivity contribution >= 4 is 23.2 Å². The molecule has 1 fully saturated rings. The number of hydrogen-bond donors (Lipinski definition) is 1. The fraction of sp³-hybridized carbons (Fsp3) is 0.500. The first kappa shape index (κ1) is 12.1. The van der Waals surface area contributed by atoms with E-state index in [2.05, 4.69) is 0 Å². The van der Waals surface area contributed by atoms with E-state index in [0.717, 1.165) is 17.7 Å². The van der Waals surface area contributed by atoms with Crippen LogP contribution in [0, 0.1) is 6.92 Å². The summed E-state index contributed by atoms with van der Waals surface area (Å²) in [7, 11) is 0. The molecule has 1 aromatic heterocycles. The Morgan fingerprint density at radius 2 is 2.29 bits per heavy atom. The Morgan fingerprint density at radius 1 is 1.53 bits per heavy atom. The van der Waals surface area contributed by atoms with Gasteiger partial charge in [0.15, 0.2) is 0 Å². The van der Waals surface area contributed by atoms with Gasteiger partial charge in [-0.1, -0.05) is 0 Å². The lowest BCUT2D eigenvalue weighted by Gasteiger charge is -2.22. The van der Waals surface area contributed by atoms with Crippen LogP contribution in [0.3, 0.4) is 0 Å². The molecule has 0 aliphatic carbocycles. The Kier molecular flexibility index (Phi) is 3.47. The van der Waals surface area contributed by atoms with Crippen molar-refractivity contribution < 1.29 is 14.7 Å². The lowest BCUT2D eigenvalue weighted by molar-refractivity contribution is -0.137. The Balaban J connectivity index is 2.10. The van der Waals surface area contributed by atoms with Gasteiger partial charge in [-0.25, -0.2) is 0 Å². The van der Waals surface area contributed by atoms with Crippen LogP contribution in [0.15, 0.2) is 12.1 Å². The van der Waals surface area contributed by atoms with E-state index in [9.17, 15) is 9.59 Å². The summed E-state index contributed by atoms with van der Waals surface area (Å²) < 4.78 is 0. The van der Waals surface area contributed by atoms with E-state index >= 15 is 0 Å². The molecule has 1 aliphatic heterocycles. The average molecular weight is 253 g/mol. The summed E-state index contributed by atoms with van der Waals surface area (Å²) in [5.41, 5.74) is 0. The summed E-state index contributed by atoms with van der Waals surface area (Å²) in [5.74, 6) is -0.857. The zero-order valence-corrected chi connectivity index (χ0v) is 10.5. The largest absolute Gasteiger partial charge is 0.481 e. The molecule has 5 heteroatoms. The summed E-state index contributed by atoms with van der Waals surface area (Å²) in [5, 5.41) is 8.81. The Bertz CT molecular complexity index is 441. The van der Waals surface area contributed by atoms with Crippen molar-refractivity contribution in [1.29, 1.82) is 0 Å². The van der Waals surface area contributed by atoms with Gasteiger partial charge < -0.3 is 10.0 Å². The maximum Gasteiger partial charge on any atom is 0.305 e. The van der Waals surface area contributed by atoms with Crippen LogP contribution in [-0.4, -0.2) is 34.5 Å². The molecule has 4 nitrogen and oxygen atoms in total. The summed E-state index contributed by atoms with van der Waals surface area (Å²) >= 11 is 1.46. The number of nitrogens with zero attached hydrogens (tertiary/aromatic N) is 1. The molecule has 0 bridgehead atoms. The van der Waals surface area contributed by atoms with E-state index in [0.29, 0.717) is 11.4 Å². The van der Waals surface area contributed by atoms with Gasteiger partial charge in [0.05, 0.1) is 11.3 Å². The van der Waals surface area contributed by atoms with E-state index in [1.807, 2.05) is 19.1 Å². The maximum absolute atomic E-state index is 12.2. The van der Waals surface area contributed by atoms with E-state index < -0.39 is 5.97 Å². The quantitative estimate of drug-likeness (QED) is 0.897. The molecule has 1 saturated heterocycles. The Morgan fingerprint density at radius 3 is 2.88 bits per heavy atom. The highest BCUT2D eigenvalue weighted by atomic mass is 32.1. The number of aryl methyl sites for hydroxylation is 1. The number of thiophene rings is 1. The van der Waals surface area contributed by atoms with Crippen molar-refractivity contribution in [3.63, 3.8) is 0 Å². The molecule has 0 spiro atoms. The van der Waals surface area contributed by atoms with Gasteiger partial charge in [-0.15, -0.1) is 11.3 Å². The SMILES string of the molecule is Cc1ccc(C(=O)N2CCCC2CC(=O)O)s1. The second-order valence-corrected chi connectivity index (χ2v) is 5.59. The molecular formula is C12H15NO3S. The molecule has 17 heavy (non-hydrogen) atoms. The molecule has 0 saturated carbocycles. The normalized spacial score (nSPS) is 19.6. The van der Waals surface area contributed by atoms with Gasteiger partial charge in [0.2, 0.25) is 0 Å². The van der Waals surface area contributed by atoms with Crippen LogP contribution in [0.4, 0.5) is 0 Å². The molecule has 0 aromatic carbocycles. The molecule has 1 N–H and O–H groups in total. The van der Waals surface area contributed by atoms with Gasteiger partial charge in [0.1, 0.15) is 0 Å². The van der Waals surface area contributed by atoms with Gasteiger partial charge in [-0.3, -0.25) is 9.59 Å². The first-order valence-corrected chi connectivity index (χ1v) is 6.49. The first-order valence-electron chi connectivity index (χ1n) is 5.67. The second kappa shape index (κ2) is 4.87. The zero-order valence-electron chi connectivity index (χ0n) is 9.68. The highest BCUT2D eigenvalue weighted by Crippen LogP contribution is 2.25. The second-order valence-electron chi connectivity index (χ2n) is 4.30. The molecule has 1 amide bonds. The smallest absolute Gasteiger partial charge is 0.305 e. The molecule has 1 unspecified atom stereocenters. The third-order valence-electron chi connectivity index (χ3n) is 3.00. The van der Waals surface area contributed by atoms with E-state index in [1.165, 1.54) is 11.3 Å².